The molecule has 82 valence electrons. The van der Waals surface area contributed by atoms with Gasteiger partial charge < -0.3 is 10.1 Å². The number of nitrogens with one attached hydrogen (secondary N) is 1. The van der Waals surface area contributed by atoms with E-state index >= 15 is 0 Å². The van der Waals surface area contributed by atoms with E-state index in [1.165, 1.54) is 6.08 Å². The van der Waals surface area contributed by atoms with Crippen molar-refractivity contribution in [3.63, 3.8) is 0 Å². The Balaban J connectivity index is 2.08. The Bertz CT molecular complexity index is 423. The Kier molecular flexibility index (Phi) is 3.05. The van der Waals surface area contributed by atoms with Gasteiger partial charge in [0.1, 0.15) is 6.10 Å². The Morgan fingerprint density at radius 1 is 1.44 bits per heavy atom. The van der Waals surface area contributed by atoms with Crippen molar-refractivity contribution in [1.29, 1.82) is 0 Å². The van der Waals surface area contributed by atoms with E-state index in [9.17, 15) is 4.79 Å². The summed E-state index contributed by atoms with van der Waals surface area (Å²) in [6, 6.07) is 9.10. The summed E-state index contributed by atoms with van der Waals surface area (Å²) in [4.78, 5) is 11.8. The molecular weight excluding hydrogens is 202 g/mol. The first kappa shape index (κ1) is 10.5. The summed E-state index contributed by atoms with van der Waals surface area (Å²) in [5.41, 5.74) is 0.655. The summed E-state index contributed by atoms with van der Waals surface area (Å²) < 4.78 is 5.41. The summed E-state index contributed by atoms with van der Waals surface area (Å²) in [5.74, 6) is 0.451. The van der Waals surface area contributed by atoms with Crippen molar-refractivity contribution >= 4 is 5.78 Å². The van der Waals surface area contributed by atoms with Crippen molar-refractivity contribution in [2.75, 3.05) is 6.54 Å². The van der Waals surface area contributed by atoms with Crippen molar-refractivity contribution in [2.24, 2.45) is 0 Å². The van der Waals surface area contributed by atoms with E-state index in [2.05, 4.69) is 11.9 Å². The van der Waals surface area contributed by atoms with Gasteiger partial charge in [0.05, 0.1) is 6.54 Å². The van der Waals surface area contributed by atoms with Crippen LogP contribution in [0.25, 0.3) is 0 Å². The quantitative estimate of drug-likeness (QED) is 0.475. The molecule has 1 N–H and O–H groups in total. The van der Waals surface area contributed by atoms with Gasteiger partial charge in [0.25, 0.3) is 0 Å². The molecule has 0 aromatic heterocycles. The lowest BCUT2D eigenvalue weighted by Gasteiger charge is -2.01. The fourth-order valence-corrected chi connectivity index (χ4v) is 1.47. The second-order valence-corrected chi connectivity index (χ2v) is 3.51. The lowest BCUT2D eigenvalue weighted by atomic mass is 10.1. The van der Waals surface area contributed by atoms with Crippen molar-refractivity contribution in [1.82, 2.24) is 5.32 Å². The van der Waals surface area contributed by atoms with Gasteiger partial charge in [-0.3, -0.25) is 4.79 Å². The molecule has 0 saturated carbocycles. The van der Waals surface area contributed by atoms with Crippen molar-refractivity contribution < 1.29 is 9.53 Å². The van der Waals surface area contributed by atoms with Gasteiger partial charge in [0, 0.05) is 11.6 Å². The van der Waals surface area contributed by atoms with E-state index in [0.717, 1.165) is 0 Å². The molecule has 3 nitrogen and oxygen atoms in total. The SMILES string of the molecule is C=CC1CNC(=CC(=O)c2ccccc2)O1. The summed E-state index contributed by atoms with van der Waals surface area (Å²) in [6.07, 6.45) is 3.13. The van der Waals surface area contributed by atoms with E-state index in [0.29, 0.717) is 18.0 Å². The first-order chi connectivity index (χ1) is 7.79. The minimum absolute atomic E-state index is 0.0465. The molecule has 1 aliphatic rings. The number of ketones is 1. The normalized spacial score (nSPS) is 21.2. The summed E-state index contributed by atoms with van der Waals surface area (Å²) in [6.45, 7) is 4.30. The monoisotopic (exact) mass is 215 g/mol. The van der Waals surface area contributed by atoms with Gasteiger partial charge >= 0.3 is 0 Å². The zero-order chi connectivity index (χ0) is 11.4. The van der Waals surface area contributed by atoms with E-state index in [-0.39, 0.29) is 11.9 Å². The minimum atomic E-state index is -0.0622. The highest BCUT2D eigenvalue weighted by molar-refractivity contribution is 6.04. The first-order valence-electron chi connectivity index (χ1n) is 5.14. The van der Waals surface area contributed by atoms with Crippen LogP contribution in [0.1, 0.15) is 10.4 Å². The van der Waals surface area contributed by atoms with Gasteiger partial charge in [-0.05, 0) is 6.08 Å². The summed E-state index contributed by atoms with van der Waals surface area (Å²) in [5, 5.41) is 3.01. The van der Waals surface area contributed by atoms with Crippen LogP contribution in [0.3, 0.4) is 0 Å². The predicted molar refractivity (Wildman–Crippen MR) is 61.9 cm³/mol. The number of ether oxygens (including phenoxy) is 1. The highest BCUT2D eigenvalue weighted by atomic mass is 16.5. The van der Waals surface area contributed by atoms with Gasteiger partial charge in [-0.15, -0.1) is 0 Å². The average molecular weight is 215 g/mol. The number of carbonyl (C=O) groups is 1. The van der Waals surface area contributed by atoms with Gasteiger partial charge in [0.15, 0.2) is 11.7 Å². The fourth-order valence-electron chi connectivity index (χ4n) is 1.47. The van der Waals surface area contributed by atoms with Crippen molar-refractivity contribution in [3.05, 3.63) is 60.5 Å². The smallest absolute Gasteiger partial charge is 0.191 e. The van der Waals surface area contributed by atoms with E-state index in [4.69, 9.17) is 4.74 Å². The van der Waals surface area contributed by atoms with Gasteiger partial charge in [-0.1, -0.05) is 36.9 Å². The van der Waals surface area contributed by atoms with E-state index in [1.54, 1.807) is 18.2 Å². The largest absolute Gasteiger partial charge is 0.470 e. The van der Waals surface area contributed by atoms with E-state index < -0.39 is 0 Å². The summed E-state index contributed by atoms with van der Waals surface area (Å²) in [7, 11) is 0. The van der Waals surface area contributed by atoms with Crippen LogP contribution in [-0.4, -0.2) is 18.4 Å². The third kappa shape index (κ3) is 2.31. The molecule has 16 heavy (non-hydrogen) atoms. The highest BCUT2D eigenvalue weighted by Crippen LogP contribution is 2.10. The number of rotatable bonds is 3. The molecule has 0 bridgehead atoms. The van der Waals surface area contributed by atoms with Crippen molar-refractivity contribution in [2.45, 2.75) is 6.10 Å². The molecule has 1 heterocycles. The standard InChI is InChI=1S/C13H13NO2/c1-2-11-9-14-13(16-11)8-12(15)10-6-4-3-5-7-10/h2-8,11,14H,1,9H2. The molecule has 0 radical (unpaired) electrons. The van der Waals surface area contributed by atoms with Crippen LogP contribution in [0.5, 0.6) is 0 Å². The van der Waals surface area contributed by atoms with Crippen LogP contribution in [-0.2, 0) is 4.74 Å². The Morgan fingerprint density at radius 3 is 2.81 bits per heavy atom. The summed E-state index contributed by atoms with van der Waals surface area (Å²) >= 11 is 0. The maximum Gasteiger partial charge on any atom is 0.191 e. The lowest BCUT2D eigenvalue weighted by Crippen LogP contribution is -2.10. The Hall–Kier alpha value is -2.03. The molecule has 1 atom stereocenters. The molecule has 0 spiro atoms. The topological polar surface area (TPSA) is 38.3 Å². The third-order valence-electron chi connectivity index (χ3n) is 2.34. The molecule has 0 aliphatic carbocycles. The molecule has 1 aromatic rings. The first-order valence-corrected chi connectivity index (χ1v) is 5.14. The van der Waals surface area contributed by atoms with Crippen LogP contribution >= 0.6 is 0 Å². The van der Waals surface area contributed by atoms with Crippen LogP contribution in [0, 0.1) is 0 Å². The van der Waals surface area contributed by atoms with Gasteiger partial charge in [-0.25, -0.2) is 0 Å². The maximum atomic E-state index is 11.8. The highest BCUT2D eigenvalue weighted by Gasteiger charge is 2.17. The van der Waals surface area contributed by atoms with Gasteiger partial charge in [-0.2, -0.15) is 0 Å². The third-order valence-corrected chi connectivity index (χ3v) is 2.34. The minimum Gasteiger partial charge on any atom is -0.470 e. The second kappa shape index (κ2) is 4.66. The molecule has 2 rings (SSSR count). The number of allylic oxidation sites excluding steroid dienone is 1. The number of carbonyl (C=O) groups excluding carboxylic acids is 1. The van der Waals surface area contributed by atoms with Gasteiger partial charge in [0.2, 0.25) is 0 Å². The molecule has 1 saturated heterocycles. The lowest BCUT2D eigenvalue weighted by molar-refractivity contribution is 0.103. The zero-order valence-corrected chi connectivity index (χ0v) is 8.85. The number of hydrogen-bond donors (Lipinski definition) is 1. The molecule has 3 heteroatoms. The van der Waals surface area contributed by atoms with Crippen LogP contribution in [0.2, 0.25) is 0 Å². The van der Waals surface area contributed by atoms with E-state index in [1.807, 2.05) is 18.2 Å². The Morgan fingerprint density at radius 2 is 2.19 bits per heavy atom. The van der Waals surface area contributed by atoms with Crippen LogP contribution < -0.4 is 5.32 Å². The molecular formula is C13H13NO2. The Labute approximate surface area is 94.4 Å². The number of benzene rings is 1. The molecule has 1 aromatic carbocycles. The molecule has 1 unspecified atom stereocenters. The predicted octanol–water partition coefficient (Wildman–Crippen LogP) is 1.89. The number of hydrogen-bond acceptors (Lipinski definition) is 3. The molecule has 1 fully saturated rings. The second-order valence-electron chi connectivity index (χ2n) is 3.51. The average Bonchev–Trinajstić information content (AvgIpc) is 2.78. The maximum absolute atomic E-state index is 11.8. The zero-order valence-electron chi connectivity index (χ0n) is 8.85. The van der Waals surface area contributed by atoms with Crippen LogP contribution in [0.4, 0.5) is 0 Å². The fraction of sp³-hybridized carbons (Fsp3) is 0.154. The van der Waals surface area contributed by atoms with Crippen LogP contribution in [0.15, 0.2) is 54.9 Å². The van der Waals surface area contributed by atoms with Crippen molar-refractivity contribution in [3.8, 4) is 0 Å². The molecule has 1 aliphatic heterocycles. The molecule has 0 amide bonds.